The minimum atomic E-state index is -0.548. The van der Waals surface area contributed by atoms with E-state index >= 15 is 0 Å². The van der Waals surface area contributed by atoms with Crippen LogP contribution in [-0.4, -0.2) is 25.2 Å². The fourth-order valence-corrected chi connectivity index (χ4v) is 0.792. The summed E-state index contributed by atoms with van der Waals surface area (Å²) in [5.41, 5.74) is 0.465. The van der Waals surface area contributed by atoms with Gasteiger partial charge in [0.25, 0.3) is 0 Å². The summed E-state index contributed by atoms with van der Waals surface area (Å²) in [7, 11) is 0. The molecule has 4 nitrogen and oxygen atoms in total. The number of esters is 2. The maximum atomic E-state index is 11.4. The molecule has 0 aromatic carbocycles. The third kappa shape index (κ3) is 4.59. The molecule has 0 amide bonds. The van der Waals surface area contributed by atoms with Gasteiger partial charge in [0.2, 0.25) is 0 Å². The number of carbonyl (C=O) groups excluding carboxylic acids is 2. The van der Waals surface area contributed by atoms with Gasteiger partial charge in [-0.1, -0.05) is 25.3 Å². The molecule has 0 atom stereocenters. The normalized spacial score (nSPS) is 11.1. The Bertz CT molecular complexity index is 294. The van der Waals surface area contributed by atoms with E-state index in [1.807, 2.05) is 0 Å². The Morgan fingerprint density at radius 3 is 1.50 bits per heavy atom. The summed E-state index contributed by atoms with van der Waals surface area (Å²) in [6.45, 7) is 10.1. The van der Waals surface area contributed by atoms with Crippen LogP contribution in [0, 0.1) is 0 Å². The number of hydrogen-bond acceptors (Lipinski definition) is 4. The number of ether oxygens (including phenoxy) is 2. The lowest BCUT2D eigenvalue weighted by atomic mass is 10.1. The van der Waals surface area contributed by atoms with E-state index in [1.165, 1.54) is 26.0 Å². The van der Waals surface area contributed by atoms with E-state index in [-0.39, 0.29) is 24.4 Å². The fraction of sp³-hybridized carbons (Fsp3) is 0.333. The summed E-state index contributed by atoms with van der Waals surface area (Å²) in [5, 5.41) is 0. The van der Waals surface area contributed by atoms with Gasteiger partial charge in [0.15, 0.2) is 0 Å². The lowest BCUT2D eigenvalue weighted by Crippen LogP contribution is -2.13. The van der Waals surface area contributed by atoms with Gasteiger partial charge >= 0.3 is 11.9 Å². The zero-order valence-electron chi connectivity index (χ0n) is 9.62. The Kier molecular flexibility index (Phi) is 6.59. The third-order valence-corrected chi connectivity index (χ3v) is 1.84. The highest BCUT2D eigenvalue weighted by atomic mass is 16.5. The first kappa shape index (κ1) is 14.2. The molecule has 0 rings (SSSR count). The van der Waals surface area contributed by atoms with Crippen LogP contribution in [0.1, 0.15) is 13.8 Å². The molecule has 0 aliphatic carbocycles. The fourth-order valence-electron chi connectivity index (χ4n) is 0.792. The van der Waals surface area contributed by atoms with Crippen LogP contribution >= 0.6 is 0 Å². The second-order valence-electron chi connectivity index (χ2n) is 3.02. The van der Waals surface area contributed by atoms with Crippen LogP contribution in [-0.2, 0) is 19.1 Å². The highest BCUT2D eigenvalue weighted by molar-refractivity contribution is 5.99. The van der Waals surface area contributed by atoms with E-state index in [0.29, 0.717) is 0 Å². The van der Waals surface area contributed by atoms with Gasteiger partial charge in [0, 0.05) is 11.1 Å². The van der Waals surface area contributed by atoms with Gasteiger partial charge in [-0.05, 0) is 13.8 Å². The quantitative estimate of drug-likeness (QED) is 0.392. The van der Waals surface area contributed by atoms with E-state index in [9.17, 15) is 9.59 Å². The van der Waals surface area contributed by atoms with E-state index in [2.05, 4.69) is 13.2 Å². The average molecular weight is 224 g/mol. The molecule has 0 aromatic heterocycles. The Morgan fingerprint density at radius 1 is 0.938 bits per heavy atom. The van der Waals surface area contributed by atoms with Crippen molar-refractivity contribution < 1.29 is 19.1 Å². The molecular weight excluding hydrogens is 208 g/mol. The molecule has 0 saturated heterocycles. The maximum Gasteiger partial charge on any atom is 0.334 e. The predicted molar refractivity (Wildman–Crippen MR) is 60.7 cm³/mol. The number of carbonyl (C=O) groups is 2. The molecule has 0 heterocycles. The highest BCUT2D eigenvalue weighted by Crippen LogP contribution is 2.07. The molecule has 0 radical (unpaired) electrons. The lowest BCUT2D eigenvalue weighted by molar-refractivity contribution is -0.141. The van der Waals surface area contributed by atoms with Crippen LogP contribution in [0.4, 0.5) is 0 Å². The summed E-state index contributed by atoms with van der Waals surface area (Å²) in [6.07, 6.45) is 2.91. The SMILES string of the molecule is C=CCOC(=O)/C(C)=C(/C)C(=O)OCC=C. The monoisotopic (exact) mass is 224 g/mol. The standard InChI is InChI=1S/C12H16O4/c1-5-7-15-11(13)9(3)10(4)12(14)16-8-6-2/h5-6H,1-2,7-8H2,3-4H3/b10-9-. The summed E-state index contributed by atoms with van der Waals surface area (Å²) < 4.78 is 9.57. The first-order chi connectivity index (χ1) is 7.54. The number of rotatable bonds is 6. The highest BCUT2D eigenvalue weighted by Gasteiger charge is 2.15. The minimum absolute atomic E-state index is 0.116. The third-order valence-electron chi connectivity index (χ3n) is 1.84. The van der Waals surface area contributed by atoms with Crippen LogP contribution < -0.4 is 0 Å². The van der Waals surface area contributed by atoms with Gasteiger partial charge in [-0.15, -0.1) is 0 Å². The van der Waals surface area contributed by atoms with Crippen molar-refractivity contribution in [3.05, 3.63) is 36.5 Å². The Labute approximate surface area is 95.2 Å². The van der Waals surface area contributed by atoms with Crippen molar-refractivity contribution in [1.29, 1.82) is 0 Å². The van der Waals surface area contributed by atoms with E-state index in [1.54, 1.807) is 0 Å². The van der Waals surface area contributed by atoms with Crippen LogP contribution in [0.2, 0.25) is 0 Å². The molecule has 0 bridgehead atoms. The van der Waals surface area contributed by atoms with Crippen molar-refractivity contribution in [3.8, 4) is 0 Å². The lowest BCUT2D eigenvalue weighted by Gasteiger charge is -2.06. The summed E-state index contributed by atoms with van der Waals surface area (Å²) in [6, 6.07) is 0. The molecule has 0 aliphatic heterocycles. The Morgan fingerprint density at radius 2 is 1.25 bits per heavy atom. The zero-order chi connectivity index (χ0) is 12.6. The Hall–Kier alpha value is -1.84. The molecule has 0 unspecified atom stereocenters. The Balaban J connectivity index is 4.54. The predicted octanol–water partition coefficient (Wildman–Crippen LogP) is 1.78. The molecule has 4 heteroatoms. The topological polar surface area (TPSA) is 52.6 Å². The van der Waals surface area contributed by atoms with Crippen molar-refractivity contribution in [2.45, 2.75) is 13.8 Å². The average Bonchev–Trinajstić information content (AvgIpc) is 2.30. The van der Waals surface area contributed by atoms with Gasteiger partial charge in [0.1, 0.15) is 13.2 Å². The molecular formula is C12H16O4. The van der Waals surface area contributed by atoms with E-state index < -0.39 is 11.9 Å². The zero-order valence-corrected chi connectivity index (χ0v) is 9.62. The summed E-state index contributed by atoms with van der Waals surface area (Å²) in [5.74, 6) is -1.10. The first-order valence-corrected chi connectivity index (χ1v) is 4.78. The van der Waals surface area contributed by atoms with Crippen molar-refractivity contribution in [2.24, 2.45) is 0 Å². The largest absolute Gasteiger partial charge is 0.458 e. The van der Waals surface area contributed by atoms with E-state index in [4.69, 9.17) is 9.47 Å². The molecule has 0 spiro atoms. The van der Waals surface area contributed by atoms with Gasteiger partial charge in [-0.2, -0.15) is 0 Å². The smallest absolute Gasteiger partial charge is 0.334 e. The van der Waals surface area contributed by atoms with Gasteiger partial charge < -0.3 is 9.47 Å². The molecule has 0 N–H and O–H groups in total. The summed E-state index contributed by atoms with van der Waals surface area (Å²) >= 11 is 0. The maximum absolute atomic E-state index is 11.4. The summed E-state index contributed by atoms with van der Waals surface area (Å²) in [4.78, 5) is 22.7. The van der Waals surface area contributed by atoms with Gasteiger partial charge in [-0.3, -0.25) is 0 Å². The molecule has 0 fully saturated rings. The van der Waals surface area contributed by atoms with Gasteiger partial charge in [-0.25, -0.2) is 9.59 Å². The molecule has 88 valence electrons. The first-order valence-electron chi connectivity index (χ1n) is 4.78. The van der Waals surface area contributed by atoms with E-state index in [0.717, 1.165) is 0 Å². The van der Waals surface area contributed by atoms with Crippen LogP contribution in [0.5, 0.6) is 0 Å². The van der Waals surface area contributed by atoms with Crippen LogP contribution in [0.25, 0.3) is 0 Å². The van der Waals surface area contributed by atoms with Crippen molar-refractivity contribution in [1.82, 2.24) is 0 Å². The second kappa shape index (κ2) is 7.45. The minimum Gasteiger partial charge on any atom is -0.458 e. The molecule has 0 aromatic rings. The van der Waals surface area contributed by atoms with Crippen molar-refractivity contribution >= 4 is 11.9 Å². The van der Waals surface area contributed by atoms with Crippen molar-refractivity contribution in [3.63, 3.8) is 0 Å². The van der Waals surface area contributed by atoms with Crippen LogP contribution in [0.15, 0.2) is 36.5 Å². The molecule has 16 heavy (non-hydrogen) atoms. The molecule has 0 aliphatic rings. The van der Waals surface area contributed by atoms with Gasteiger partial charge in [0.05, 0.1) is 0 Å². The molecule has 0 saturated carbocycles. The van der Waals surface area contributed by atoms with Crippen molar-refractivity contribution in [2.75, 3.05) is 13.2 Å². The number of hydrogen-bond donors (Lipinski definition) is 0. The van der Waals surface area contributed by atoms with Crippen LogP contribution in [0.3, 0.4) is 0 Å². The second-order valence-corrected chi connectivity index (χ2v) is 3.02.